The summed E-state index contributed by atoms with van der Waals surface area (Å²) in [6, 6.07) is 0. The Morgan fingerprint density at radius 3 is 2.71 bits per heavy atom. The Kier molecular flexibility index (Phi) is 4.11. The van der Waals surface area contributed by atoms with Crippen molar-refractivity contribution in [2.75, 3.05) is 32.8 Å². The molecule has 3 aliphatic rings. The highest BCUT2D eigenvalue weighted by Gasteiger charge is 2.47. The standard InChI is InChI=1S/C16H24N4O3S/c1-13-17-11-14-5-10-23-16(15(14)18-13)6-4-9-20(12-16)24(21,22)19-7-2-3-8-19/h11H,2-10,12H2,1H3/t16-/m0/s1. The molecule has 0 aromatic carbocycles. The van der Waals surface area contributed by atoms with Gasteiger partial charge in [0.1, 0.15) is 11.4 Å². The van der Waals surface area contributed by atoms with Crippen LogP contribution in [0, 0.1) is 6.92 Å². The molecule has 0 amide bonds. The zero-order chi connectivity index (χ0) is 16.8. The van der Waals surface area contributed by atoms with Gasteiger partial charge in [0.2, 0.25) is 0 Å². The van der Waals surface area contributed by atoms with Gasteiger partial charge >= 0.3 is 0 Å². The van der Waals surface area contributed by atoms with Crippen LogP contribution in [0.1, 0.15) is 42.8 Å². The molecule has 3 aliphatic heterocycles. The summed E-state index contributed by atoms with van der Waals surface area (Å²) in [5.41, 5.74) is 1.36. The molecule has 132 valence electrons. The number of nitrogens with zero attached hydrogens (tertiary/aromatic N) is 4. The second kappa shape index (κ2) is 6.01. The summed E-state index contributed by atoms with van der Waals surface area (Å²) in [6.07, 6.45) is 6.15. The first-order valence-electron chi connectivity index (χ1n) is 8.73. The summed E-state index contributed by atoms with van der Waals surface area (Å²) in [7, 11) is -3.41. The monoisotopic (exact) mass is 352 g/mol. The fraction of sp³-hybridized carbons (Fsp3) is 0.750. The number of piperidine rings is 1. The lowest BCUT2D eigenvalue weighted by atomic mass is 9.85. The molecule has 0 saturated carbocycles. The fourth-order valence-corrected chi connectivity index (χ4v) is 5.85. The molecule has 1 aromatic heterocycles. The Labute approximate surface area is 143 Å². The van der Waals surface area contributed by atoms with E-state index in [0.717, 1.165) is 43.4 Å². The molecule has 1 atom stereocenters. The van der Waals surface area contributed by atoms with Crippen molar-refractivity contribution in [2.24, 2.45) is 0 Å². The van der Waals surface area contributed by atoms with Gasteiger partial charge in [-0.25, -0.2) is 9.97 Å². The number of rotatable bonds is 2. The Morgan fingerprint density at radius 1 is 1.17 bits per heavy atom. The van der Waals surface area contributed by atoms with Crippen molar-refractivity contribution in [1.29, 1.82) is 0 Å². The molecular weight excluding hydrogens is 328 g/mol. The van der Waals surface area contributed by atoms with E-state index in [2.05, 4.69) is 9.97 Å². The smallest absolute Gasteiger partial charge is 0.282 e. The van der Waals surface area contributed by atoms with Gasteiger partial charge in [0.15, 0.2) is 0 Å². The van der Waals surface area contributed by atoms with Crippen LogP contribution in [0.15, 0.2) is 6.20 Å². The first-order valence-corrected chi connectivity index (χ1v) is 10.1. The number of aromatic nitrogens is 2. The average molecular weight is 352 g/mol. The molecule has 0 radical (unpaired) electrons. The third-order valence-corrected chi connectivity index (χ3v) is 7.29. The molecule has 24 heavy (non-hydrogen) atoms. The SMILES string of the molecule is Cc1ncc2c(n1)[C@@]1(CCCN(S(=O)(=O)N3CCCC3)C1)OCC2. The highest BCUT2D eigenvalue weighted by Crippen LogP contribution is 2.40. The van der Waals surface area contributed by atoms with E-state index in [1.54, 1.807) is 8.61 Å². The van der Waals surface area contributed by atoms with Gasteiger partial charge in [-0.2, -0.15) is 17.0 Å². The number of aryl methyl sites for hydroxylation is 1. The molecule has 0 unspecified atom stereocenters. The number of hydrogen-bond donors (Lipinski definition) is 0. The quantitative estimate of drug-likeness (QED) is 0.793. The second-order valence-corrected chi connectivity index (χ2v) is 8.86. The zero-order valence-corrected chi connectivity index (χ0v) is 14.9. The van der Waals surface area contributed by atoms with Crippen molar-refractivity contribution < 1.29 is 13.2 Å². The maximum absolute atomic E-state index is 13.0. The van der Waals surface area contributed by atoms with Crippen molar-refractivity contribution in [1.82, 2.24) is 18.6 Å². The zero-order valence-electron chi connectivity index (χ0n) is 14.1. The molecular formula is C16H24N4O3S. The molecule has 1 aromatic rings. The molecule has 0 bridgehead atoms. The molecule has 0 N–H and O–H groups in total. The Balaban J connectivity index is 1.67. The normalized spacial score (nSPS) is 29.0. The molecule has 2 fully saturated rings. The summed E-state index contributed by atoms with van der Waals surface area (Å²) >= 11 is 0. The minimum Gasteiger partial charge on any atom is -0.367 e. The third-order valence-electron chi connectivity index (χ3n) is 5.30. The molecule has 4 heterocycles. The van der Waals surface area contributed by atoms with Crippen LogP contribution in [0.25, 0.3) is 0 Å². The third kappa shape index (κ3) is 2.65. The van der Waals surface area contributed by atoms with Crippen LogP contribution in [-0.4, -0.2) is 59.8 Å². The predicted octanol–water partition coefficient (Wildman–Crippen LogP) is 0.989. The van der Waals surface area contributed by atoms with E-state index >= 15 is 0 Å². The molecule has 1 spiro atoms. The molecule has 2 saturated heterocycles. The van der Waals surface area contributed by atoms with Crippen LogP contribution in [0.4, 0.5) is 0 Å². The van der Waals surface area contributed by atoms with Gasteiger partial charge in [0, 0.05) is 32.4 Å². The Hall–Kier alpha value is -1.09. The molecule has 4 rings (SSSR count). The van der Waals surface area contributed by atoms with Crippen molar-refractivity contribution in [3.63, 3.8) is 0 Å². The highest BCUT2D eigenvalue weighted by atomic mass is 32.2. The van der Waals surface area contributed by atoms with Crippen LogP contribution in [0.3, 0.4) is 0 Å². The maximum atomic E-state index is 13.0. The van der Waals surface area contributed by atoms with E-state index < -0.39 is 15.8 Å². The van der Waals surface area contributed by atoms with Crippen molar-refractivity contribution in [3.05, 3.63) is 23.3 Å². The largest absolute Gasteiger partial charge is 0.367 e. The Morgan fingerprint density at radius 2 is 1.92 bits per heavy atom. The van der Waals surface area contributed by atoms with Crippen molar-refractivity contribution in [2.45, 2.75) is 44.6 Å². The fourth-order valence-electron chi connectivity index (χ4n) is 4.07. The molecule has 8 heteroatoms. The van der Waals surface area contributed by atoms with Crippen molar-refractivity contribution in [3.8, 4) is 0 Å². The second-order valence-electron chi connectivity index (χ2n) is 6.93. The van der Waals surface area contributed by atoms with Crippen LogP contribution < -0.4 is 0 Å². The van der Waals surface area contributed by atoms with Gasteiger partial charge in [0.25, 0.3) is 10.2 Å². The minimum absolute atomic E-state index is 0.356. The first kappa shape index (κ1) is 16.4. The summed E-state index contributed by atoms with van der Waals surface area (Å²) in [5.74, 6) is 0.707. The summed E-state index contributed by atoms with van der Waals surface area (Å²) < 4.78 is 35.3. The number of fused-ring (bicyclic) bond motifs is 2. The van der Waals surface area contributed by atoms with E-state index in [4.69, 9.17) is 4.74 Å². The van der Waals surface area contributed by atoms with Crippen LogP contribution in [-0.2, 0) is 27.0 Å². The van der Waals surface area contributed by atoms with Gasteiger partial charge in [-0.1, -0.05) is 0 Å². The van der Waals surface area contributed by atoms with Gasteiger partial charge in [-0.15, -0.1) is 0 Å². The van der Waals surface area contributed by atoms with E-state index in [-0.39, 0.29) is 0 Å². The van der Waals surface area contributed by atoms with Gasteiger partial charge in [-0.05, 0) is 44.6 Å². The van der Waals surface area contributed by atoms with Crippen molar-refractivity contribution >= 4 is 10.2 Å². The van der Waals surface area contributed by atoms with E-state index in [1.807, 2.05) is 13.1 Å². The van der Waals surface area contributed by atoms with E-state index in [9.17, 15) is 8.42 Å². The number of hydrogen-bond acceptors (Lipinski definition) is 5. The molecule has 7 nitrogen and oxygen atoms in total. The van der Waals surface area contributed by atoms with Crippen LogP contribution in [0.5, 0.6) is 0 Å². The van der Waals surface area contributed by atoms with Crippen LogP contribution in [0.2, 0.25) is 0 Å². The topological polar surface area (TPSA) is 75.6 Å². The lowest BCUT2D eigenvalue weighted by molar-refractivity contribution is -0.0941. The Bertz CT molecular complexity index is 733. The summed E-state index contributed by atoms with van der Waals surface area (Å²) in [6.45, 7) is 4.63. The van der Waals surface area contributed by atoms with Gasteiger partial charge in [-0.3, -0.25) is 0 Å². The van der Waals surface area contributed by atoms with Crippen LogP contribution >= 0.6 is 0 Å². The lowest BCUT2D eigenvalue weighted by Gasteiger charge is -2.45. The predicted molar refractivity (Wildman–Crippen MR) is 88.6 cm³/mol. The molecule has 0 aliphatic carbocycles. The average Bonchev–Trinajstić information content (AvgIpc) is 3.11. The minimum atomic E-state index is -3.41. The maximum Gasteiger partial charge on any atom is 0.282 e. The first-order chi connectivity index (χ1) is 11.5. The van der Waals surface area contributed by atoms with E-state index in [0.29, 0.717) is 38.6 Å². The summed E-state index contributed by atoms with van der Waals surface area (Å²) in [4.78, 5) is 8.93. The van der Waals surface area contributed by atoms with Gasteiger partial charge in [0.05, 0.1) is 12.3 Å². The van der Waals surface area contributed by atoms with E-state index in [1.165, 1.54) is 0 Å². The number of ether oxygens (including phenoxy) is 1. The highest BCUT2D eigenvalue weighted by molar-refractivity contribution is 7.86. The summed E-state index contributed by atoms with van der Waals surface area (Å²) in [5, 5.41) is 0. The lowest BCUT2D eigenvalue weighted by Crippen LogP contribution is -2.55. The van der Waals surface area contributed by atoms with Gasteiger partial charge < -0.3 is 4.74 Å².